The van der Waals surface area contributed by atoms with Crippen LogP contribution in [0, 0.1) is 0 Å². The van der Waals surface area contributed by atoms with Gasteiger partial charge in [-0.25, -0.2) is 0 Å². The molecule has 0 spiro atoms. The summed E-state index contributed by atoms with van der Waals surface area (Å²) in [6.07, 6.45) is 1.13. The maximum absolute atomic E-state index is 4.23. The number of alkyl halides is 1. The molecule has 0 bridgehead atoms. The van der Waals surface area contributed by atoms with Gasteiger partial charge in [-0.2, -0.15) is 4.68 Å². The Bertz CT molecular complexity index is 558. The van der Waals surface area contributed by atoms with Crippen LogP contribution in [0.25, 0.3) is 5.69 Å². The van der Waals surface area contributed by atoms with E-state index in [9.17, 15) is 0 Å². The highest BCUT2D eigenvalue weighted by molar-refractivity contribution is 9.09. The number of aromatic nitrogens is 4. The summed E-state index contributed by atoms with van der Waals surface area (Å²) in [7, 11) is 0. The largest absolute Gasteiger partial charge is 0.338 e. The lowest BCUT2D eigenvalue weighted by atomic mass is 10.3. The Kier molecular flexibility index (Phi) is 4.82. The zero-order valence-corrected chi connectivity index (χ0v) is 13.5. The lowest BCUT2D eigenvalue weighted by Gasteiger charge is -2.21. The van der Waals surface area contributed by atoms with Crippen molar-refractivity contribution in [3.05, 3.63) is 30.3 Å². The molecule has 1 aliphatic rings. The summed E-state index contributed by atoms with van der Waals surface area (Å²) in [5, 5.41) is 13.3. The summed E-state index contributed by atoms with van der Waals surface area (Å²) >= 11 is 3.51. The fourth-order valence-corrected chi connectivity index (χ4v) is 3.13. The van der Waals surface area contributed by atoms with Gasteiger partial charge in [-0.15, -0.1) is 0 Å². The molecule has 2 aromatic rings. The van der Waals surface area contributed by atoms with E-state index in [4.69, 9.17) is 0 Å². The predicted molar refractivity (Wildman–Crippen MR) is 86.2 cm³/mol. The standard InChI is InChI=1S/C14H19BrN6/c15-7-10-19-8-4-9-20(12-11-19)14-16-17-18-21(14)13-5-2-1-3-6-13/h1-3,5-6H,4,7-12H2. The van der Waals surface area contributed by atoms with Gasteiger partial charge in [0.15, 0.2) is 0 Å². The Morgan fingerprint density at radius 1 is 1.05 bits per heavy atom. The van der Waals surface area contributed by atoms with Gasteiger partial charge in [0.1, 0.15) is 0 Å². The number of halogens is 1. The van der Waals surface area contributed by atoms with Crippen molar-refractivity contribution in [3.63, 3.8) is 0 Å². The molecule has 112 valence electrons. The number of rotatable bonds is 4. The fraction of sp³-hybridized carbons (Fsp3) is 0.500. The summed E-state index contributed by atoms with van der Waals surface area (Å²) in [4.78, 5) is 4.76. The molecule has 21 heavy (non-hydrogen) atoms. The summed E-state index contributed by atoms with van der Waals surface area (Å²) in [6.45, 7) is 5.23. The molecular formula is C14H19BrN6. The van der Waals surface area contributed by atoms with Gasteiger partial charge >= 0.3 is 0 Å². The molecule has 0 radical (unpaired) electrons. The van der Waals surface area contributed by atoms with Gasteiger partial charge in [0.05, 0.1) is 5.69 Å². The van der Waals surface area contributed by atoms with E-state index < -0.39 is 0 Å². The fourth-order valence-electron chi connectivity index (χ4n) is 2.63. The van der Waals surface area contributed by atoms with Crippen molar-refractivity contribution >= 4 is 21.9 Å². The highest BCUT2D eigenvalue weighted by Crippen LogP contribution is 2.17. The van der Waals surface area contributed by atoms with Crippen LogP contribution in [0.15, 0.2) is 30.3 Å². The van der Waals surface area contributed by atoms with Gasteiger partial charge in [0.25, 0.3) is 0 Å². The van der Waals surface area contributed by atoms with Gasteiger partial charge in [-0.1, -0.05) is 39.2 Å². The molecule has 1 fully saturated rings. The van der Waals surface area contributed by atoms with Gasteiger partial charge in [0, 0.05) is 31.5 Å². The minimum atomic E-state index is 0.835. The van der Waals surface area contributed by atoms with Crippen molar-refractivity contribution in [2.24, 2.45) is 0 Å². The maximum Gasteiger partial charge on any atom is 0.250 e. The van der Waals surface area contributed by atoms with Crippen molar-refractivity contribution in [1.29, 1.82) is 0 Å². The molecule has 0 aliphatic carbocycles. The van der Waals surface area contributed by atoms with Crippen molar-refractivity contribution in [2.45, 2.75) is 6.42 Å². The third-order valence-corrected chi connectivity index (χ3v) is 4.08. The van der Waals surface area contributed by atoms with E-state index in [0.29, 0.717) is 0 Å². The molecule has 0 atom stereocenters. The number of hydrogen-bond acceptors (Lipinski definition) is 5. The number of tetrazole rings is 1. The first-order valence-corrected chi connectivity index (χ1v) is 8.37. The molecular weight excluding hydrogens is 332 g/mol. The van der Waals surface area contributed by atoms with E-state index >= 15 is 0 Å². The molecule has 0 unspecified atom stereocenters. The second kappa shape index (κ2) is 7.00. The smallest absolute Gasteiger partial charge is 0.250 e. The first-order valence-electron chi connectivity index (χ1n) is 7.25. The lowest BCUT2D eigenvalue weighted by Crippen LogP contribution is -2.33. The Labute approximate surface area is 132 Å². The van der Waals surface area contributed by atoms with E-state index in [0.717, 1.165) is 56.1 Å². The first kappa shape index (κ1) is 14.5. The average molecular weight is 351 g/mol. The highest BCUT2D eigenvalue weighted by Gasteiger charge is 2.20. The molecule has 6 nitrogen and oxygen atoms in total. The Balaban J connectivity index is 1.77. The Morgan fingerprint density at radius 2 is 1.90 bits per heavy atom. The molecule has 1 aliphatic heterocycles. The topological polar surface area (TPSA) is 50.1 Å². The molecule has 7 heteroatoms. The highest BCUT2D eigenvalue weighted by atomic mass is 79.9. The van der Waals surface area contributed by atoms with Gasteiger partial charge in [-0.05, 0) is 35.5 Å². The normalized spacial score (nSPS) is 16.9. The molecule has 1 saturated heterocycles. The second-order valence-corrected chi connectivity index (χ2v) is 5.89. The van der Waals surface area contributed by atoms with Crippen molar-refractivity contribution in [2.75, 3.05) is 43.0 Å². The van der Waals surface area contributed by atoms with Gasteiger partial charge in [0.2, 0.25) is 5.95 Å². The van der Waals surface area contributed by atoms with Crippen LogP contribution >= 0.6 is 15.9 Å². The SMILES string of the molecule is BrCCN1CCCN(c2nnnn2-c2ccccc2)CC1. The number of para-hydroxylation sites is 1. The van der Waals surface area contributed by atoms with Gasteiger partial charge in [-0.3, -0.25) is 0 Å². The third-order valence-electron chi connectivity index (χ3n) is 3.73. The van der Waals surface area contributed by atoms with Crippen molar-refractivity contribution in [3.8, 4) is 5.69 Å². The van der Waals surface area contributed by atoms with Crippen molar-refractivity contribution < 1.29 is 0 Å². The van der Waals surface area contributed by atoms with Crippen LogP contribution in [0.3, 0.4) is 0 Å². The number of benzene rings is 1. The average Bonchev–Trinajstić information content (AvgIpc) is 2.90. The summed E-state index contributed by atoms with van der Waals surface area (Å²) in [5.74, 6) is 0.835. The Hall–Kier alpha value is -1.47. The van der Waals surface area contributed by atoms with E-state index in [1.165, 1.54) is 0 Å². The maximum atomic E-state index is 4.23. The molecule has 3 rings (SSSR count). The molecule has 1 aromatic heterocycles. The monoisotopic (exact) mass is 350 g/mol. The molecule has 0 N–H and O–H groups in total. The van der Waals surface area contributed by atoms with Crippen LogP contribution < -0.4 is 4.90 Å². The minimum Gasteiger partial charge on any atom is -0.338 e. The van der Waals surface area contributed by atoms with E-state index in [1.54, 1.807) is 0 Å². The van der Waals surface area contributed by atoms with Crippen LogP contribution in [0.5, 0.6) is 0 Å². The Morgan fingerprint density at radius 3 is 2.71 bits per heavy atom. The summed E-state index contributed by atoms with van der Waals surface area (Å²) in [6, 6.07) is 10.0. The van der Waals surface area contributed by atoms with E-state index in [-0.39, 0.29) is 0 Å². The minimum absolute atomic E-state index is 0.835. The van der Waals surface area contributed by atoms with Crippen LogP contribution in [-0.2, 0) is 0 Å². The van der Waals surface area contributed by atoms with E-state index in [1.807, 2.05) is 35.0 Å². The molecule has 2 heterocycles. The van der Waals surface area contributed by atoms with E-state index in [2.05, 4.69) is 41.3 Å². The van der Waals surface area contributed by atoms with Crippen LogP contribution in [0.1, 0.15) is 6.42 Å². The molecule has 1 aromatic carbocycles. The van der Waals surface area contributed by atoms with Crippen LogP contribution in [-0.4, -0.2) is 63.2 Å². The van der Waals surface area contributed by atoms with Gasteiger partial charge < -0.3 is 9.80 Å². The third kappa shape index (κ3) is 3.41. The summed E-state index contributed by atoms with van der Waals surface area (Å²) < 4.78 is 1.82. The number of anilines is 1. The van der Waals surface area contributed by atoms with Crippen molar-refractivity contribution in [1.82, 2.24) is 25.1 Å². The number of hydrogen-bond donors (Lipinski definition) is 0. The number of nitrogens with zero attached hydrogens (tertiary/aromatic N) is 6. The zero-order valence-electron chi connectivity index (χ0n) is 11.9. The first-order chi connectivity index (χ1) is 10.4. The zero-order chi connectivity index (χ0) is 14.5. The van der Waals surface area contributed by atoms with Crippen LogP contribution in [0.2, 0.25) is 0 Å². The quantitative estimate of drug-likeness (QED) is 0.783. The van der Waals surface area contributed by atoms with Crippen LogP contribution in [0.4, 0.5) is 5.95 Å². The lowest BCUT2D eigenvalue weighted by molar-refractivity contribution is 0.313. The molecule has 0 saturated carbocycles. The summed E-state index contributed by atoms with van der Waals surface area (Å²) in [5.41, 5.74) is 0.999. The predicted octanol–water partition coefficient (Wildman–Crippen LogP) is 1.57. The molecule has 0 amide bonds. The second-order valence-electron chi connectivity index (χ2n) is 5.10.